The second-order valence-electron chi connectivity index (χ2n) is 6.07. The Morgan fingerprint density at radius 1 is 1.21 bits per heavy atom. The van der Waals surface area contributed by atoms with Gasteiger partial charge in [-0.2, -0.15) is 0 Å². The van der Waals surface area contributed by atoms with Crippen molar-refractivity contribution in [2.24, 2.45) is 0 Å². The van der Waals surface area contributed by atoms with Crippen LogP contribution in [0.25, 0.3) is 0 Å². The maximum Gasteiger partial charge on any atom is 0.152 e. The van der Waals surface area contributed by atoms with Crippen LogP contribution in [0.2, 0.25) is 0 Å². The Kier molecular flexibility index (Phi) is 4.71. The minimum atomic E-state index is -2.91. The lowest BCUT2D eigenvalue weighted by molar-refractivity contribution is 0.602. The maximum absolute atomic E-state index is 11.6. The molecule has 1 aliphatic rings. The number of rotatable bonds is 5. The van der Waals surface area contributed by atoms with Crippen molar-refractivity contribution >= 4 is 27.2 Å². The average Bonchev–Trinajstić information content (AvgIpc) is 2.86. The lowest BCUT2D eigenvalue weighted by Gasteiger charge is -2.15. The molecule has 0 bridgehead atoms. The Hall–Kier alpha value is -2.15. The van der Waals surface area contributed by atoms with Crippen molar-refractivity contribution in [3.05, 3.63) is 41.7 Å². The molecule has 1 unspecified atom stereocenters. The van der Waals surface area contributed by atoms with E-state index in [4.69, 9.17) is 0 Å². The van der Waals surface area contributed by atoms with Crippen molar-refractivity contribution < 1.29 is 8.42 Å². The van der Waals surface area contributed by atoms with Crippen molar-refractivity contribution in [1.29, 1.82) is 0 Å². The van der Waals surface area contributed by atoms with Gasteiger partial charge in [0.25, 0.3) is 0 Å². The number of anilines is 3. The van der Waals surface area contributed by atoms with Crippen molar-refractivity contribution in [3.63, 3.8) is 0 Å². The molecule has 1 aromatic heterocycles. The molecule has 0 aliphatic carbocycles. The molecule has 0 spiro atoms. The van der Waals surface area contributed by atoms with E-state index in [2.05, 4.69) is 33.6 Å². The van der Waals surface area contributed by atoms with Crippen LogP contribution >= 0.6 is 0 Å². The number of nitrogens with zero attached hydrogens (tertiary/aromatic N) is 2. The smallest absolute Gasteiger partial charge is 0.152 e. The van der Waals surface area contributed by atoms with Gasteiger partial charge in [-0.3, -0.25) is 0 Å². The van der Waals surface area contributed by atoms with E-state index in [0.717, 1.165) is 12.1 Å². The number of hydrogen-bond acceptors (Lipinski definition) is 6. The molecule has 2 aromatic rings. The number of aryl methyl sites for hydroxylation is 2. The summed E-state index contributed by atoms with van der Waals surface area (Å²) in [5, 5.41) is 6.56. The normalized spacial score (nSPS) is 19.2. The molecule has 1 fully saturated rings. The number of nitrogens with one attached hydrogen (secondary N) is 2. The van der Waals surface area contributed by atoms with E-state index in [-0.39, 0.29) is 17.5 Å². The van der Waals surface area contributed by atoms with Gasteiger partial charge in [0.1, 0.15) is 17.5 Å². The summed E-state index contributed by atoms with van der Waals surface area (Å²) in [6, 6.07) is 9.84. The number of para-hydroxylation sites is 1. The quantitative estimate of drug-likeness (QED) is 0.866. The van der Waals surface area contributed by atoms with Gasteiger partial charge in [-0.1, -0.05) is 25.1 Å². The molecule has 2 heterocycles. The first-order valence-electron chi connectivity index (χ1n) is 8.13. The zero-order chi connectivity index (χ0) is 17.2. The predicted octanol–water partition coefficient (Wildman–Crippen LogP) is 2.69. The molecule has 2 N–H and O–H groups in total. The van der Waals surface area contributed by atoms with Crippen LogP contribution in [0.3, 0.4) is 0 Å². The van der Waals surface area contributed by atoms with Crippen LogP contribution in [0.1, 0.15) is 24.7 Å². The monoisotopic (exact) mass is 346 g/mol. The fraction of sp³-hybridized carbons (Fsp3) is 0.412. The summed E-state index contributed by atoms with van der Waals surface area (Å²) in [5.41, 5.74) is 2.23. The highest BCUT2D eigenvalue weighted by Gasteiger charge is 2.28. The molecule has 0 amide bonds. The molecule has 1 atom stereocenters. The Labute approximate surface area is 142 Å². The van der Waals surface area contributed by atoms with Gasteiger partial charge in [-0.15, -0.1) is 0 Å². The molecule has 3 rings (SSSR count). The topological polar surface area (TPSA) is 84.0 Å². The van der Waals surface area contributed by atoms with E-state index in [1.54, 1.807) is 0 Å². The van der Waals surface area contributed by atoms with Crippen LogP contribution in [0.4, 0.5) is 17.3 Å². The Morgan fingerprint density at radius 2 is 1.96 bits per heavy atom. The highest BCUT2D eigenvalue weighted by molar-refractivity contribution is 7.91. The fourth-order valence-corrected chi connectivity index (χ4v) is 4.59. The van der Waals surface area contributed by atoms with Crippen molar-refractivity contribution in [3.8, 4) is 0 Å². The Bertz CT molecular complexity index is 836. The number of benzene rings is 1. The van der Waals surface area contributed by atoms with Gasteiger partial charge in [0.05, 0.1) is 11.5 Å². The first kappa shape index (κ1) is 16.7. The molecule has 1 saturated heterocycles. The largest absolute Gasteiger partial charge is 0.366 e. The second kappa shape index (κ2) is 6.76. The van der Waals surface area contributed by atoms with Crippen LogP contribution in [0, 0.1) is 6.92 Å². The maximum atomic E-state index is 11.6. The molecule has 1 aliphatic heterocycles. The number of hydrogen-bond donors (Lipinski definition) is 2. The van der Waals surface area contributed by atoms with Crippen molar-refractivity contribution in [1.82, 2.24) is 9.97 Å². The van der Waals surface area contributed by atoms with E-state index >= 15 is 0 Å². The first-order valence-corrected chi connectivity index (χ1v) is 9.95. The first-order chi connectivity index (χ1) is 11.4. The summed E-state index contributed by atoms with van der Waals surface area (Å²) in [6.45, 7) is 3.94. The van der Waals surface area contributed by atoms with Crippen LogP contribution in [0.5, 0.6) is 0 Å². The molecule has 128 valence electrons. The van der Waals surface area contributed by atoms with Gasteiger partial charge in [-0.05, 0) is 31.4 Å². The molecule has 1 aromatic carbocycles. The van der Waals surface area contributed by atoms with Crippen molar-refractivity contribution in [2.45, 2.75) is 32.7 Å². The fourth-order valence-electron chi connectivity index (χ4n) is 2.91. The predicted molar refractivity (Wildman–Crippen MR) is 96.6 cm³/mol. The number of sulfone groups is 1. The van der Waals surface area contributed by atoms with E-state index in [9.17, 15) is 8.42 Å². The van der Waals surface area contributed by atoms with Gasteiger partial charge in [-0.25, -0.2) is 18.4 Å². The third-order valence-corrected chi connectivity index (χ3v) is 5.85. The second-order valence-corrected chi connectivity index (χ2v) is 8.29. The Balaban J connectivity index is 1.79. The van der Waals surface area contributed by atoms with E-state index in [0.29, 0.717) is 23.9 Å². The average molecular weight is 346 g/mol. The number of aromatic nitrogens is 2. The van der Waals surface area contributed by atoms with Crippen LogP contribution in [0.15, 0.2) is 30.3 Å². The highest BCUT2D eigenvalue weighted by Crippen LogP contribution is 2.23. The highest BCUT2D eigenvalue weighted by atomic mass is 32.2. The minimum absolute atomic E-state index is 0.0833. The van der Waals surface area contributed by atoms with Gasteiger partial charge in [0.15, 0.2) is 9.84 Å². The van der Waals surface area contributed by atoms with E-state index < -0.39 is 9.84 Å². The van der Waals surface area contributed by atoms with Crippen LogP contribution in [-0.4, -0.2) is 35.9 Å². The third kappa shape index (κ3) is 4.03. The van der Waals surface area contributed by atoms with Crippen LogP contribution < -0.4 is 10.6 Å². The summed E-state index contributed by atoms with van der Waals surface area (Å²) in [6.07, 6.45) is 1.55. The van der Waals surface area contributed by atoms with E-state index in [1.807, 2.05) is 31.2 Å². The molecule has 6 nitrogen and oxygen atoms in total. The molecule has 0 saturated carbocycles. The lowest BCUT2D eigenvalue weighted by atomic mass is 10.1. The summed E-state index contributed by atoms with van der Waals surface area (Å²) in [5.74, 6) is 2.39. The zero-order valence-electron chi connectivity index (χ0n) is 13.9. The molecule has 7 heteroatoms. The molecule has 24 heavy (non-hydrogen) atoms. The molecular formula is C17H22N4O2S. The lowest BCUT2D eigenvalue weighted by Crippen LogP contribution is -2.21. The summed E-state index contributed by atoms with van der Waals surface area (Å²) in [4.78, 5) is 8.80. The minimum Gasteiger partial charge on any atom is -0.366 e. The standard InChI is InChI=1S/C17H22N4O2S/c1-3-13-6-4-5-7-15(13)21-17-10-16(18-12(2)19-17)20-14-8-9-24(22,23)11-14/h4-7,10,14H,3,8-9,11H2,1-2H3,(H2,18,19,20,21). The van der Waals surface area contributed by atoms with Crippen molar-refractivity contribution in [2.75, 3.05) is 22.1 Å². The summed E-state index contributed by atoms with van der Waals surface area (Å²) < 4.78 is 23.2. The van der Waals surface area contributed by atoms with Gasteiger partial charge < -0.3 is 10.6 Å². The van der Waals surface area contributed by atoms with Crippen LogP contribution in [-0.2, 0) is 16.3 Å². The van der Waals surface area contributed by atoms with E-state index in [1.165, 1.54) is 5.56 Å². The van der Waals surface area contributed by atoms with Gasteiger partial charge in [0.2, 0.25) is 0 Å². The summed E-state index contributed by atoms with van der Waals surface area (Å²) >= 11 is 0. The molecule has 0 radical (unpaired) electrons. The Morgan fingerprint density at radius 3 is 2.67 bits per heavy atom. The van der Waals surface area contributed by atoms with Gasteiger partial charge in [0, 0.05) is 17.8 Å². The molecular weight excluding hydrogens is 324 g/mol. The summed E-state index contributed by atoms with van der Waals surface area (Å²) in [7, 11) is -2.91. The third-order valence-electron chi connectivity index (χ3n) is 4.08. The SMILES string of the molecule is CCc1ccccc1Nc1cc(NC2CCS(=O)(=O)C2)nc(C)n1. The zero-order valence-corrected chi connectivity index (χ0v) is 14.7. The van der Waals surface area contributed by atoms with Gasteiger partial charge >= 0.3 is 0 Å².